The molecule has 0 aliphatic carbocycles. The van der Waals surface area contributed by atoms with Gasteiger partial charge in [-0.2, -0.15) is 4.98 Å². The van der Waals surface area contributed by atoms with E-state index < -0.39 is 0 Å². The van der Waals surface area contributed by atoms with E-state index in [0.717, 1.165) is 10.2 Å². The third-order valence-corrected chi connectivity index (χ3v) is 3.01. The monoisotopic (exact) mass is 300 g/mol. The zero-order chi connectivity index (χ0) is 11.4. The van der Waals surface area contributed by atoms with Crippen LogP contribution in [0, 0.1) is 0 Å². The van der Waals surface area contributed by atoms with Crippen LogP contribution in [0.15, 0.2) is 21.6 Å². The van der Waals surface area contributed by atoms with Crippen LogP contribution in [-0.4, -0.2) is 15.0 Å². The Kier molecular flexibility index (Phi) is 3.65. The lowest BCUT2D eigenvalue weighted by atomic mass is 10.4. The molecule has 2 rings (SSSR count). The first kappa shape index (κ1) is 11.2. The number of nitrogens with one attached hydrogen (secondary N) is 2. The highest BCUT2D eigenvalue weighted by Crippen LogP contribution is 2.20. The summed E-state index contributed by atoms with van der Waals surface area (Å²) < 4.78 is 0.779. The van der Waals surface area contributed by atoms with E-state index in [4.69, 9.17) is 5.84 Å². The Hall–Kier alpha value is -1.25. The molecule has 0 aliphatic heterocycles. The van der Waals surface area contributed by atoms with Crippen molar-refractivity contribution in [3.63, 3.8) is 0 Å². The number of halogens is 1. The van der Waals surface area contributed by atoms with Crippen LogP contribution in [0.1, 0.15) is 5.69 Å². The number of rotatable bonds is 4. The fraction of sp³-hybridized carbons (Fsp3) is 0.125. The molecule has 6 nitrogen and oxygen atoms in total. The summed E-state index contributed by atoms with van der Waals surface area (Å²) in [5.41, 5.74) is 5.15. The molecule has 0 saturated heterocycles. The summed E-state index contributed by atoms with van der Waals surface area (Å²) in [5.74, 6) is 6.27. The Labute approximate surface area is 104 Å². The molecular weight excluding hydrogens is 292 g/mol. The van der Waals surface area contributed by atoms with Gasteiger partial charge in [0, 0.05) is 11.6 Å². The molecule has 2 aromatic heterocycles. The lowest BCUT2D eigenvalue weighted by Crippen LogP contribution is -2.12. The standard InChI is InChI=1S/C8H9BrN6S/c9-6-2-12-8(15-10)14-7(6)11-1-5-3-16-4-13-5/h2-4H,1,10H2,(H2,11,12,14,15). The molecule has 0 bridgehead atoms. The highest BCUT2D eigenvalue weighted by molar-refractivity contribution is 9.10. The van der Waals surface area contributed by atoms with Crippen molar-refractivity contribution in [3.05, 3.63) is 27.3 Å². The fourth-order valence-electron chi connectivity index (χ4n) is 1.06. The summed E-state index contributed by atoms with van der Waals surface area (Å²) in [4.78, 5) is 12.3. The molecule has 0 amide bonds. The number of nitrogens with two attached hydrogens (primary N) is 1. The molecule has 84 valence electrons. The Morgan fingerprint density at radius 3 is 3.00 bits per heavy atom. The summed E-state index contributed by atoms with van der Waals surface area (Å²) in [7, 11) is 0. The van der Waals surface area contributed by atoms with E-state index in [-0.39, 0.29) is 0 Å². The van der Waals surface area contributed by atoms with Crippen molar-refractivity contribution in [2.45, 2.75) is 6.54 Å². The van der Waals surface area contributed by atoms with Gasteiger partial charge in [-0.1, -0.05) is 0 Å². The molecule has 0 unspecified atom stereocenters. The summed E-state index contributed by atoms with van der Waals surface area (Å²) in [6.45, 7) is 0.614. The maximum atomic E-state index is 5.23. The van der Waals surface area contributed by atoms with Crippen LogP contribution in [0.25, 0.3) is 0 Å². The van der Waals surface area contributed by atoms with Crippen molar-refractivity contribution >= 4 is 39.0 Å². The van der Waals surface area contributed by atoms with Gasteiger partial charge in [-0.25, -0.2) is 15.8 Å². The minimum atomic E-state index is 0.365. The van der Waals surface area contributed by atoms with Crippen molar-refractivity contribution < 1.29 is 0 Å². The summed E-state index contributed by atoms with van der Waals surface area (Å²) in [5, 5.41) is 5.12. The largest absolute Gasteiger partial charge is 0.363 e. The van der Waals surface area contributed by atoms with Crippen LogP contribution in [0.4, 0.5) is 11.8 Å². The highest BCUT2D eigenvalue weighted by atomic mass is 79.9. The lowest BCUT2D eigenvalue weighted by Gasteiger charge is -2.07. The van der Waals surface area contributed by atoms with Crippen LogP contribution < -0.4 is 16.6 Å². The summed E-state index contributed by atoms with van der Waals surface area (Å²) in [6, 6.07) is 0. The van der Waals surface area contributed by atoms with E-state index in [1.54, 1.807) is 23.0 Å². The van der Waals surface area contributed by atoms with Gasteiger partial charge in [-0.15, -0.1) is 11.3 Å². The molecule has 2 heterocycles. The topological polar surface area (TPSA) is 88.8 Å². The van der Waals surface area contributed by atoms with E-state index >= 15 is 0 Å². The van der Waals surface area contributed by atoms with E-state index in [1.165, 1.54) is 0 Å². The SMILES string of the molecule is NNc1ncc(Br)c(NCc2cscn2)n1. The molecule has 0 radical (unpaired) electrons. The second kappa shape index (κ2) is 5.19. The lowest BCUT2D eigenvalue weighted by molar-refractivity contribution is 1.03. The van der Waals surface area contributed by atoms with Crippen molar-refractivity contribution in [2.75, 3.05) is 10.7 Å². The number of hydrazine groups is 1. The molecule has 16 heavy (non-hydrogen) atoms. The molecule has 0 spiro atoms. The average molecular weight is 301 g/mol. The van der Waals surface area contributed by atoms with E-state index in [0.29, 0.717) is 18.3 Å². The van der Waals surface area contributed by atoms with Gasteiger partial charge in [0.2, 0.25) is 5.95 Å². The van der Waals surface area contributed by atoms with Gasteiger partial charge < -0.3 is 5.32 Å². The molecule has 0 aliphatic rings. The predicted octanol–water partition coefficient (Wildman–Crippen LogP) is 1.59. The molecule has 2 aromatic rings. The number of nitrogen functional groups attached to an aromatic ring is 1. The predicted molar refractivity (Wildman–Crippen MR) is 67.0 cm³/mol. The zero-order valence-corrected chi connectivity index (χ0v) is 10.5. The van der Waals surface area contributed by atoms with E-state index in [2.05, 4.69) is 41.6 Å². The van der Waals surface area contributed by atoms with Crippen molar-refractivity contribution in [1.82, 2.24) is 15.0 Å². The molecule has 8 heteroatoms. The molecule has 0 aromatic carbocycles. The molecule has 0 fully saturated rings. The number of aromatic nitrogens is 3. The van der Waals surface area contributed by atoms with Crippen LogP contribution in [0.3, 0.4) is 0 Å². The minimum Gasteiger partial charge on any atom is -0.363 e. The van der Waals surface area contributed by atoms with Crippen molar-refractivity contribution in [2.24, 2.45) is 5.84 Å². The van der Waals surface area contributed by atoms with E-state index in [9.17, 15) is 0 Å². The van der Waals surface area contributed by atoms with Gasteiger partial charge in [-0.3, -0.25) is 5.43 Å². The highest BCUT2D eigenvalue weighted by Gasteiger charge is 2.04. The zero-order valence-electron chi connectivity index (χ0n) is 8.14. The Balaban J connectivity index is 2.08. The Morgan fingerprint density at radius 2 is 2.31 bits per heavy atom. The second-order valence-electron chi connectivity index (χ2n) is 2.87. The van der Waals surface area contributed by atoms with Crippen LogP contribution in [0.2, 0.25) is 0 Å². The van der Waals surface area contributed by atoms with Crippen LogP contribution >= 0.6 is 27.3 Å². The summed E-state index contributed by atoms with van der Waals surface area (Å²) >= 11 is 4.91. The fourth-order valence-corrected chi connectivity index (χ4v) is 1.95. The van der Waals surface area contributed by atoms with Gasteiger partial charge in [0.25, 0.3) is 0 Å². The first-order valence-corrected chi connectivity index (χ1v) is 6.13. The van der Waals surface area contributed by atoms with Gasteiger partial charge >= 0.3 is 0 Å². The second-order valence-corrected chi connectivity index (χ2v) is 4.44. The molecule has 0 saturated carbocycles. The number of thiazole rings is 1. The number of hydrogen-bond acceptors (Lipinski definition) is 7. The molecular formula is C8H9BrN6S. The van der Waals surface area contributed by atoms with Gasteiger partial charge in [0.1, 0.15) is 5.82 Å². The van der Waals surface area contributed by atoms with Crippen LogP contribution in [0.5, 0.6) is 0 Å². The quantitative estimate of drug-likeness (QED) is 0.587. The molecule has 0 atom stereocenters. The van der Waals surface area contributed by atoms with E-state index in [1.807, 2.05) is 5.38 Å². The first-order chi connectivity index (χ1) is 7.79. The van der Waals surface area contributed by atoms with Gasteiger partial charge in [0.15, 0.2) is 0 Å². The van der Waals surface area contributed by atoms with Crippen molar-refractivity contribution in [1.29, 1.82) is 0 Å². The smallest absolute Gasteiger partial charge is 0.239 e. The summed E-state index contributed by atoms with van der Waals surface area (Å²) in [6.07, 6.45) is 1.63. The van der Waals surface area contributed by atoms with Crippen LogP contribution in [-0.2, 0) is 6.54 Å². The first-order valence-electron chi connectivity index (χ1n) is 4.39. The van der Waals surface area contributed by atoms with Crippen molar-refractivity contribution in [3.8, 4) is 0 Å². The Bertz CT molecular complexity index is 460. The number of hydrogen-bond donors (Lipinski definition) is 3. The number of nitrogens with zero attached hydrogens (tertiary/aromatic N) is 3. The molecule has 4 N–H and O–H groups in total. The normalized spacial score (nSPS) is 10.1. The minimum absolute atomic E-state index is 0.365. The average Bonchev–Trinajstić information content (AvgIpc) is 2.81. The van der Waals surface area contributed by atoms with Gasteiger partial charge in [0.05, 0.1) is 22.2 Å². The third kappa shape index (κ3) is 2.65. The number of anilines is 2. The van der Waals surface area contributed by atoms with Gasteiger partial charge in [-0.05, 0) is 15.9 Å². The third-order valence-electron chi connectivity index (χ3n) is 1.79. The Morgan fingerprint density at radius 1 is 1.44 bits per heavy atom. The maximum absolute atomic E-state index is 5.23. The maximum Gasteiger partial charge on any atom is 0.239 e.